The van der Waals surface area contributed by atoms with Crippen LogP contribution in [0.3, 0.4) is 0 Å². The Kier molecular flexibility index (Phi) is 6.09. The number of hydrogen-bond acceptors (Lipinski definition) is 6. The molecule has 0 spiro atoms. The van der Waals surface area contributed by atoms with Gasteiger partial charge in [0.05, 0.1) is 4.75 Å². The normalized spacial score (nSPS) is 20.9. The molecule has 0 atom stereocenters. The molecule has 1 saturated carbocycles. The van der Waals surface area contributed by atoms with E-state index in [4.69, 9.17) is 4.52 Å². The average molecular weight is 407 g/mol. The van der Waals surface area contributed by atoms with Gasteiger partial charge in [-0.2, -0.15) is 4.98 Å². The Morgan fingerprint density at radius 3 is 2.46 bits per heavy atom. The zero-order valence-electron chi connectivity index (χ0n) is 17.0. The van der Waals surface area contributed by atoms with Gasteiger partial charge in [-0.25, -0.2) is 13.1 Å². The maximum Gasteiger partial charge on any atom is 0.322 e. The van der Waals surface area contributed by atoms with E-state index in [9.17, 15) is 8.42 Å². The number of aromatic nitrogens is 2. The van der Waals surface area contributed by atoms with Crippen LogP contribution in [0.15, 0.2) is 28.8 Å². The molecule has 0 amide bonds. The van der Waals surface area contributed by atoms with Crippen molar-refractivity contribution in [1.82, 2.24) is 14.9 Å². The van der Waals surface area contributed by atoms with Crippen molar-refractivity contribution in [2.75, 3.05) is 11.9 Å². The summed E-state index contributed by atoms with van der Waals surface area (Å²) in [7, 11) is -3.29. The minimum Gasteiger partial charge on any atom is -0.335 e. The summed E-state index contributed by atoms with van der Waals surface area (Å²) in [6.45, 7) is 7.67. The van der Waals surface area contributed by atoms with Crippen molar-refractivity contribution in [2.45, 2.75) is 64.2 Å². The Balaban J connectivity index is 1.50. The van der Waals surface area contributed by atoms with E-state index in [2.05, 4.69) is 20.2 Å². The van der Waals surface area contributed by atoms with Gasteiger partial charge >= 0.3 is 6.01 Å². The molecule has 1 aliphatic rings. The largest absolute Gasteiger partial charge is 0.335 e. The lowest BCUT2D eigenvalue weighted by Gasteiger charge is -2.29. The van der Waals surface area contributed by atoms with Crippen molar-refractivity contribution < 1.29 is 12.9 Å². The molecule has 0 saturated heterocycles. The second-order valence-electron chi connectivity index (χ2n) is 8.56. The SMILES string of the molecule is Cc1ccccc1-c1noc(NC2CCC(CNS(=O)(=O)C(C)(C)C)CC2)n1. The number of benzene rings is 1. The Hall–Kier alpha value is -1.93. The quantitative estimate of drug-likeness (QED) is 0.759. The summed E-state index contributed by atoms with van der Waals surface area (Å²) in [5, 5.41) is 7.41. The first-order valence-corrected chi connectivity index (χ1v) is 11.3. The molecule has 0 unspecified atom stereocenters. The van der Waals surface area contributed by atoms with Crippen molar-refractivity contribution in [3.05, 3.63) is 29.8 Å². The maximum absolute atomic E-state index is 12.2. The van der Waals surface area contributed by atoms with Gasteiger partial charge in [0, 0.05) is 18.2 Å². The third kappa shape index (κ3) is 4.91. The molecule has 2 N–H and O–H groups in total. The third-order valence-electron chi connectivity index (χ3n) is 5.35. The fourth-order valence-corrected chi connectivity index (χ4v) is 4.23. The van der Waals surface area contributed by atoms with Crippen molar-refractivity contribution in [3.8, 4) is 11.4 Å². The summed E-state index contributed by atoms with van der Waals surface area (Å²) in [5.74, 6) is 0.950. The molecule has 0 aliphatic heterocycles. The summed E-state index contributed by atoms with van der Waals surface area (Å²) in [4.78, 5) is 4.47. The fraction of sp³-hybridized carbons (Fsp3) is 0.600. The molecule has 1 aromatic carbocycles. The van der Waals surface area contributed by atoms with E-state index in [0.29, 0.717) is 24.3 Å². The van der Waals surface area contributed by atoms with Crippen LogP contribution in [0.5, 0.6) is 0 Å². The zero-order chi connectivity index (χ0) is 20.4. The minimum absolute atomic E-state index is 0.264. The monoisotopic (exact) mass is 406 g/mol. The Morgan fingerprint density at radius 1 is 1.14 bits per heavy atom. The van der Waals surface area contributed by atoms with Gasteiger partial charge in [0.15, 0.2) is 0 Å². The highest BCUT2D eigenvalue weighted by molar-refractivity contribution is 7.90. The second-order valence-corrected chi connectivity index (χ2v) is 11.1. The highest BCUT2D eigenvalue weighted by Gasteiger charge is 2.30. The van der Waals surface area contributed by atoms with Crippen LogP contribution in [-0.4, -0.2) is 35.9 Å². The lowest BCUT2D eigenvalue weighted by atomic mass is 9.86. The molecule has 1 aromatic heterocycles. The van der Waals surface area contributed by atoms with Gasteiger partial charge in [-0.05, 0) is 64.9 Å². The first-order valence-electron chi connectivity index (χ1n) is 9.81. The van der Waals surface area contributed by atoms with Crippen LogP contribution in [0.25, 0.3) is 11.4 Å². The first-order chi connectivity index (χ1) is 13.2. The topological polar surface area (TPSA) is 97.1 Å². The summed E-state index contributed by atoms with van der Waals surface area (Å²) >= 11 is 0. The van der Waals surface area contributed by atoms with E-state index < -0.39 is 14.8 Å². The first kappa shape index (κ1) is 20.8. The summed E-state index contributed by atoms with van der Waals surface area (Å²) in [6.07, 6.45) is 3.82. The molecule has 1 fully saturated rings. The number of nitrogens with one attached hydrogen (secondary N) is 2. The van der Waals surface area contributed by atoms with Crippen LogP contribution in [0.4, 0.5) is 6.01 Å². The van der Waals surface area contributed by atoms with Gasteiger partial charge in [-0.15, -0.1) is 0 Å². The Labute approximate surface area is 167 Å². The van der Waals surface area contributed by atoms with E-state index in [1.165, 1.54) is 0 Å². The number of aryl methyl sites for hydroxylation is 1. The number of hydrogen-bond donors (Lipinski definition) is 2. The van der Waals surface area contributed by atoms with Gasteiger partial charge < -0.3 is 9.84 Å². The standard InChI is InChI=1S/C20H30N4O3S/c1-14-7-5-6-8-17(14)18-23-19(27-24-18)22-16-11-9-15(10-12-16)13-21-28(25,26)20(2,3)4/h5-8,15-16,21H,9-13H2,1-4H3,(H,22,23,24). The van der Waals surface area contributed by atoms with Crippen LogP contribution in [0, 0.1) is 12.8 Å². The predicted molar refractivity (Wildman–Crippen MR) is 111 cm³/mol. The molecular formula is C20H30N4O3S. The molecule has 28 heavy (non-hydrogen) atoms. The Morgan fingerprint density at radius 2 is 1.82 bits per heavy atom. The van der Waals surface area contributed by atoms with E-state index in [1.54, 1.807) is 20.8 Å². The van der Waals surface area contributed by atoms with Crippen LogP contribution in [-0.2, 0) is 10.0 Å². The van der Waals surface area contributed by atoms with Crippen LogP contribution in [0.1, 0.15) is 52.0 Å². The Bertz CT molecular complexity index is 894. The molecule has 1 heterocycles. The van der Waals surface area contributed by atoms with Crippen LogP contribution < -0.4 is 10.0 Å². The predicted octanol–water partition coefficient (Wildman–Crippen LogP) is 3.73. The highest BCUT2D eigenvalue weighted by atomic mass is 32.2. The molecule has 3 rings (SSSR count). The van der Waals surface area contributed by atoms with Crippen molar-refractivity contribution in [1.29, 1.82) is 0 Å². The maximum atomic E-state index is 12.2. The van der Waals surface area contributed by atoms with E-state index in [-0.39, 0.29) is 6.04 Å². The molecule has 0 radical (unpaired) electrons. The molecular weight excluding hydrogens is 376 g/mol. The molecule has 2 aromatic rings. The highest BCUT2D eigenvalue weighted by Crippen LogP contribution is 2.28. The van der Waals surface area contributed by atoms with Gasteiger partial charge in [0.1, 0.15) is 0 Å². The number of nitrogens with zero attached hydrogens (tertiary/aromatic N) is 2. The van der Waals surface area contributed by atoms with Crippen molar-refractivity contribution in [3.63, 3.8) is 0 Å². The number of rotatable bonds is 6. The fourth-order valence-electron chi connectivity index (χ4n) is 3.34. The molecule has 0 bridgehead atoms. The number of sulfonamides is 1. The van der Waals surface area contributed by atoms with Gasteiger partial charge in [0.25, 0.3) is 0 Å². The molecule has 1 aliphatic carbocycles. The van der Waals surface area contributed by atoms with Gasteiger partial charge in [0.2, 0.25) is 15.8 Å². The zero-order valence-corrected chi connectivity index (χ0v) is 17.8. The lowest BCUT2D eigenvalue weighted by molar-refractivity contribution is 0.329. The molecule has 7 nitrogen and oxygen atoms in total. The third-order valence-corrected chi connectivity index (χ3v) is 7.51. The smallest absolute Gasteiger partial charge is 0.322 e. The average Bonchev–Trinajstić information content (AvgIpc) is 3.09. The van der Waals surface area contributed by atoms with Gasteiger partial charge in [-0.1, -0.05) is 29.4 Å². The van der Waals surface area contributed by atoms with Gasteiger partial charge in [-0.3, -0.25) is 0 Å². The number of anilines is 1. The summed E-state index contributed by atoms with van der Waals surface area (Å²) in [6, 6.07) is 8.65. The van der Waals surface area contributed by atoms with Crippen molar-refractivity contribution in [2.24, 2.45) is 5.92 Å². The molecule has 154 valence electrons. The lowest BCUT2D eigenvalue weighted by Crippen LogP contribution is -2.42. The van der Waals surface area contributed by atoms with E-state index in [0.717, 1.165) is 36.8 Å². The molecule has 8 heteroatoms. The summed E-state index contributed by atoms with van der Waals surface area (Å²) in [5.41, 5.74) is 2.07. The summed E-state index contributed by atoms with van der Waals surface area (Å²) < 4.78 is 31.7. The van der Waals surface area contributed by atoms with Crippen molar-refractivity contribution >= 4 is 16.0 Å². The minimum atomic E-state index is -3.29. The van der Waals surface area contributed by atoms with E-state index >= 15 is 0 Å². The second kappa shape index (κ2) is 8.21. The van der Waals surface area contributed by atoms with Crippen LogP contribution >= 0.6 is 0 Å². The van der Waals surface area contributed by atoms with Crippen LogP contribution in [0.2, 0.25) is 0 Å². The van der Waals surface area contributed by atoms with E-state index in [1.807, 2.05) is 31.2 Å².